The molecule has 158 valence electrons. The predicted octanol–water partition coefficient (Wildman–Crippen LogP) is 7.70. The minimum Gasteiger partial charge on any atom is -0.493 e. The average Bonchev–Trinajstić information content (AvgIpc) is 3.06. The van der Waals surface area contributed by atoms with Crippen molar-refractivity contribution in [2.24, 2.45) is 0 Å². The van der Waals surface area contributed by atoms with Gasteiger partial charge in [-0.15, -0.1) is 0 Å². The molecule has 2 aromatic carbocycles. The largest absolute Gasteiger partial charge is 2.00 e. The molecule has 0 fully saturated rings. The molecule has 0 aliphatic carbocycles. The molecule has 3 heteroatoms. The minimum absolute atomic E-state index is 0. The summed E-state index contributed by atoms with van der Waals surface area (Å²) in [5.74, 6) is 0. The molecule has 2 nitrogen and oxygen atoms in total. The van der Waals surface area contributed by atoms with Crippen LogP contribution in [0.5, 0.6) is 0 Å². The number of nitrogens with zero attached hydrogens (tertiary/aromatic N) is 2. The van der Waals surface area contributed by atoms with E-state index in [9.17, 15) is 5.53 Å². The van der Waals surface area contributed by atoms with Crippen molar-refractivity contribution in [3.8, 4) is 0 Å². The van der Waals surface area contributed by atoms with Crippen LogP contribution in [0.2, 0.25) is 0 Å². The van der Waals surface area contributed by atoms with Gasteiger partial charge in [-0.25, -0.2) is 4.70 Å². The van der Waals surface area contributed by atoms with Gasteiger partial charge in [0, 0.05) is 23.3 Å². The van der Waals surface area contributed by atoms with E-state index in [1.807, 2.05) is 12.2 Å². The Morgan fingerprint density at radius 1 is 0.724 bits per heavy atom. The Hall–Kier alpha value is -1.99. The summed E-state index contributed by atoms with van der Waals surface area (Å²) in [5, 5.41) is 0. The standard InChI is InChI=1S/C24H28N2.2CH3.Ni/c1-3-5-9-19-11-7-13-21(17-19)23-15-16-24(26(23)25)22-14-8-12-20(18-22)10-6-4-2;;;/h7-8,11-18H,3-6,9-10H2,1-2H3;2*1H3;/q;2*-1;+2. The fourth-order valence-electron chi connectivity index (χ4n) is 3.40. The van der Waals surface area contributed by atoms with E-state index in [0.717, 1.165) is 35.4 Å². The molecular formula is C26H34N2Ni. The second-order valence-electron chi connectivity index (χ2n) is 7.02. The first-order valence-electron chi connectivity index (χ1n) is 9.82. The summed E-state index contributed by atoms with van der Waals surface area (Å²) in [6.45, 7) is 4.42. The second-order valence-corrected chi connectivity index (χ2v) is 7.02. The summed E-state index contributed by atoms with van der Waals surface area (Å²) in [4.78, 5) is 0. The van der Waals surface area contributed by atoms with E-state index in [2.05, 4.69) is 62.4 Å². The maximum Gasteiger partial charge on any atom is 2.00 e. The first kappa shape index (κ1) is 27.0. The number of aryl methyl sites for hydroxylation is 2. The molecule has 0 spiro atoms. The van der Waals surface area contributed by atoms with Gasteiger partial charge in [0.25, 0.3) is 0 Å². The second kappa shape index (κ2) is 13.3. The van der Waals surface area contributed by atoms with Gasteiger partial charge in [0.05, 0.1) is 0 Å². The predicted molar refractivity (Wildman–Crippen MR) is 123 cm³/mol. The Morgan fingerprint density at radius 2 is 1.14 bits per heavy atom. The molecule has 0 N–H and O–H groups in total. The van der Waals surface area contributed by atoms with E-state index in [1.165, 1.54) is 41.5 Å². The van der Waals surface area contributed by atoms with Crippen molar-refractivity contribution in [2.45, 2.75) is 52.4 Å². The van der Waals surface area contributed by atoms with Crippen molar-refractivity contribution in [2.75, 3.05) is 0 Å². The van der Waals surface area contributed by atoms with E-state index >= 15 is 0 Å². The third kappa shape index (κ3) is 6.79. The topological polar surface area (TPSA) is 25.3 Å². The molecule has 0 saturated carbocycles. The van der Waals surface area contributed by atoms with Gasteiger partial charge >= 0.3 is 16.5 Å². The van der Waals surface area contributed by atoms with Crippen molar-refractivity contribution in [3.63, 3.8) is 0 Å². The molecule has 0 atom stereocenters. The summed E-state index contributed by atoms with van der Waals surface area (Å²) < 4.78 is 1.33. The maximum absolute atomic E-state index is 10.8. The first-order valence-corrected chi connectivity index (χ1v) is 9.82. The molecule has 0 unspecified atom stereocenters. The van der Waals surface area contributed by atoms with Crippen molar-refractivity contribution in [1.29, 1.82) is 0 Å². The molecule has 1 aliphatic rings. The van der Waals surface area contributed by atoms with Crippen molar-refractivity contribution < 1.29 is 21.2 Å². The van der Waals surface area contributed by atoms with Crippen LogP contribution < -0.4 is 0 Å². The third-order valence-corrected chi connectivity index (χ3v) is 4.94. The van der Waals surface area contributed by atoms with Crippen LogP contribution in [0, 0.1) is 14.9 Å². The fourth-order valence-corrected chi connectivity index (χ4v) is 3.40. The SMILES string of the molecule is CCCCc1cccc(C2=CC=C(c3cccc(CCCC)c3)[N+]2=[N-])c1.[CH3-].[CH3-].[Ni+2]. The van der Waals surface area contributed by atoms with Gasteiger partial charge in [-0.1, -0.05) is 51.0 Å². The van der Waals surface area contributed by atoms with Crippen LogP contribution >= 0.6 is 0 Å². The summed E-state index contributed by atoms with van der Waals surface area (Å²) in [6, 6.07) is 17.0. The first-order chi connectivity index (χ1) is 12.7. The molecular weight excluding hydrogens is 399 g/mol. The number of unbranched alkanes of at least 4 members (excludes halogenated alkanes) is 2. The number of hydrogen-bond acceptors (Lipinski definition) is 0. The van der Waals surface area contributed by atoms with Crippen molar-refractivity contribution in [1.82, 2.24) is 0 Å². The molecule has 29 heavy (non-hydrogen) atoms. The molecule has 3 rings (SSSR count). The van der Waals surface area contributed by atoms with Crippen molar-refractivity contribution >= 4 is 11.4 Å². The average molecular weight is 433 g/mol. The zero-order valence-electron chi connectivity index (χ0n) is 18.2. The van der Waals surface area contributed by atoms with Crippen molar-refractivity contribution in [3.05, 3.63) is 103 Å². The Labute approximate surface area is 188 Å². The van der Waals surface area contributed by atoms with Gasteiger partial charge in [-0.2, -0.15) is 0 Å². The summed E-state index contributed by atoms with van der Waals surface area (Å²) in [5.41, 5.74) is 17.3. The molecule has 0 radical (unpaired) electrons. The normalized spacial score (nSPS) is 12.3. The van der Waals surface area contributed by atoms with E-state index in [0.29, 0.717) is 0 Å². The molecule has 2 aromatic rings. The van der Waals surface area contributed by atoms with E-state index < -0.39 is 0 Å². The Balaban J connectivity index is 0.00000261. The zero-order chi connectivity index (χ0) is 18.4. The monoisotopic (exact) mass is 432 g/mol. The van der Waals surface area contributed by atoms with Crippen LogP contribution in [0.1, 0.15) is 61.8 Å². The van der Waals surface area contributed by atoms with Gasteiger partial charge in [0.15, 0.2) is 0 Å². The van der Waals surface area contributed by atoms with Gasteiger partial charge in [0.2, 0.25) is 11.4 Å². The summed E-state index contributed by atoms with van der Waals surface area (Å²) in [7, 11) is 0. The number of allylic oxidation sites excluding steroid dienone is 2. The molecule has 0 amide bonds. The van der Waals surface area contributed by atoms with E-state index in [4.69, 9.17) is 0 Å². The maximum atomic E-state index is 10.8. The Bertz CT molecular complexity index is 780. The van der Waals surface area contributed by atoms with E-state index in [1.54, 1.807) is 0 Å². The van der Waals surface area contributed by atoms with Crippen LogP contribution in [-0.2, 0) is 29.3 Å². The van der Waals surface area contributed by atoms with Gasteiger partial charge in [0.1, 0.15) is 0 Å². The molecule has 0 aromatic heterocycles. The van der Waals surface area contributed by atoms with E-state index in [-0.39, 0.29) is 31.3 Å². The Morgan fingerprint density at radius 3 is 1.52 bits per heavy atom. The minimum atomic E-state index is 0. The smallest absolute Gasteiger partial charge is 0.493 e. The van der Waals surface area contributed by atoms with Crippen LogP contribution in [0.4, 0.5) is 0 Å². The zero-order valence-corrected chi connectivity index (χ0v) is 19.2. The quantitative estimate of drug-likeness (QED) is 0.232. The molecule has 1 heterocycles. The number of benzene rings is 2. The molecule has 0 saturated heterocycles. The third-order valence-electron chi connectivity index (χ3n) is 4.94. The Kier molecular flexibility index (Phi) is 12.4. The number of hydrogen-bond donors (Lipinski definition) is 0. The number of rotatable bonds is 8. The van der Waals surface area contributed by atoms with Crippen LogP contribution in [0.3, 0.4) is 0 Å². The van der Waals surface area contributed by atoms with Gasteiger partial charge in [-0.05, 0) is 61.1 Å². The van der Waals surface area contributed by atoms with Crippen LogP contribution in [0.15, 0.2) is 60.7 Å². The van der Waals surface area contributed by atoms with Crippen LogP contribution in [-0.4, -0.2) is 4.70 Å². The fraction of sp³-hybridized carbons (Fsp3) is 0.308. The molecule has 1 aliphatic heterocycles. The van der Waals surface area contributed by atoms with Crippen LogP contribution in [0.25, 0.3) is 16.9 Å². The van der Waals surface area contributed by atoms with Gasteiger partial charge < -0.3 is 20.4 Å². The summed E-state index contributed by atoms with van der Waals surface area (Å²) >= 11 is 0. The molecule has 0 bridgehead atoms. The van der Waals surface area contributed by atoms with Gasteiger partial charge in [-0.3, -0.25) is 0 Å². The summed E-state index contributed by atoms with van der Waals surface area (Å²) in [6.07, 6.45) is 11.0.